The third-order valence-electron chi connectivity index (χ3n) is 3.65. The first-order valence-corrected chi connectivity index (χ1v) is 5.85. The Hall–Kier alpha value is -1.50. The Bertz CT molecular complexity index is 587. The number of rotatable bonds is 0. The molecule has 3 rings (SSSR count). The Labute approximate surface area is 95.8 Å². The number of aryl methyl sites for hydroxylation is 2. The van der Waals surface area contributed by atoms with Gasteiger partial charge in [0.2, 0.25) is 0 Å². The molecule has 1 atom stereocenters. The predicted octanol–water partition coefficient (Wildman–Crippen LogP) is 4.27. The van der Waals surface area contributed by atoms with E-state index in [4.69, 9.17) is 4.42 Å². The molecule has 0 amide bonds. The van der Waals surface area contributed by atoms with E-state index in [0.717, 1.165) is 12.0 Å². The molecule has 1 aliphatic rings. The van der Waals surface area contributed by atoms with Crippen LogP contribution >= 0.6 is 0 Å². The van der Waals surface area contributed by atoms with Gasteiger partial charge in [-0.2, -0.15) is 0 Å². The molecule has 2 aromatic rings. The Kier molecular flexibility index (Phi) is 1.97. The average Bonchev–Trinajstić information content (AvgIpc) is 2.60. The first-order valence-electron chi connectivity index (χ1n) is 5.85. The van der Waals surface area contributed by atoms with Gasteiger partial charge in [-0.3, -0.25) is 0 Å². The normalized spacial score (nSPS) is 19.1. The van der Waals surface area contributed by atoms with Crippen LogP contribution in [-0.2, 0) is 6.42 Å². The second kappa shape index (κ2) is 3.24. The van der Waals surface area contributed by atoms with Gasteiger partial charge in [-0.05, 0) is 54.5 Å². The maximum Gasteiger partial charge on any atom is 0.134 e. The smallest absolute Gasteiger partial charge is 0.134 e. The standard InChI is InChI=1S/C15H16O/c1-9-5-4-6-12-7-13-15(10(2)8-16-13)11(3)14(9)12/h4-5,7-9H,6H2,1-3H3. The minimum Gasteiger partial charge on any atom is -0.464 e. The van der Waals surface area contributed by atoms with Crippen LogP contribution in [0.25, 0.3) is 11.0 Å². The maximum absolute atomic E-state index is 5.61. The Morgan fingerprint density at radius 1 is 1.31 bits per heavy atom. The summed E-state index contributed by atoms with van der Waals surface area (Å²) in [4.78, 5) is 0. The van der Waals surface area contributed by atoms with Crippen molar-refractivity contribution in [2.75, 3.05) is 0 Å². The van der Waals surface area contributed by atoms with Gasteiger partial charge in [-0.25, -0.2) is 0 Å². The molecular weight excluding hydrogens is 196 g/mol. The molecule has 0 fully saturated rings. The van der Waals surface area contributed by atoms with E-state index in [0.29, 0.717) is 5.92 Å². The summed E-state index contributed by atoms with van der Waals surface area (Å²) in [6, 6.07) is 2.21. The van der Waals surface area contributed by atoms with Crippen molar-refractivity contribution in [2.45, 2.75) is 33.1 Å². The molecule has 1 aliphatic carbocycles. The lowest BCUT2D eigenvalue weighted by molar-refractivity contribution is 0.612. The zero-order valence-corrected chi connectivity index (χ0v) is 10.0. The Balaban J connectivity index is 2.41. The molecular formula is C15H16O. The molecule has 0 radical (unpaired) electrons. The van der Waals surface area contributed by atoms with Crippen LogP contribution in [0.1, 0.15) is 35.1 Å². The highest BCUT2D eigenvalue weighted by Crippen LogP contribution is 2.36. The number of furan rings is 1. The van der Waals surface area contributed by atoms with Gasteiger partial charge in [0.1, 0.15) is 5.58 Å². The van der Waals surface area contributed by atoms with Crippen LogP contribution in [0.3, 0.4) is 0 Å². The second-order valence-corrected chi connectivity index (χ2v) is 4.79. The summed E-state index contributed by atoms with van der Waals surface area (Å²) in [5.74, 6) is 0.530. The van der Waals surface area contributed by atoms with Crippen molar-refractivity contribution >= 4 is 11.0 Å². The maximum atomic E-state index is 5.61. The van der Waals surface area contributed by atoms with Gasteiger partial charge in [0.15, 0.2) is 0 Å². The van der Waals surface area contributed by atoms with Crippen LogP contribution in [0.5, 0.6) is 0 Å². The summed E-state index contributed by atoms with van der Waals surface area (Å²) >= 11 is 0. The van der Waals surface area contributed by atoms with Crippen LogP contribution < -0.4 is 0 Å². The van der Waals surface area contributed by atoms with E-state index in [-0.39, 0.29) is 0 Å². The SMILES string of the molecule is Cc1coc2cc3c(c(C)c12)C(C)C=CC3. The van der Waals surface area contributed by atoms with Crippen molar-refractivity contribution in [3.05, 3.63) is 46.7 Å². The molecule has 0 aliphatic heterocycles. The largest absolute Gasteiger partial charge is 0.464 e. The van der Waals surface area contributed by atoms with Crippen molar-refractivity contribution in [1.29, 1.82) is 0 Å². The first kappa shape index (κ1) is 9.71. The summed E-state index contributed by atoms with van der Waals surface area (Å²) in [6.07, 6.45) is 7.46. The van der Waals surface area contributed by atoms with E-state index < -0.39 is 0 Å². The second-order valence-electron chi connectivity index (χ2n) is 4.79. The first-order chi connectivity index (χ1) is 7.68. The topological polar surface area (TPSA) is 13.1 Å². The Morgan fingerprint density at radius 2 is 2.12 bits per heavy atom. The molecule has 0 bridgehead atoms. The van der Waals surface area contributed by atoms with Crippen molar-refractivity contribution in [3.63, 3.8) is 0 Å². The molecule has 1 nitrogen and oxygen atoms in total. The molecule has 82 valence electrons. The number of allylic oxidation sites excluding steroid dienone is 2. The van der Waals surface area contributed by atoms with E-state index in [2.05, 4.69) is 39.0 Å². The fourth-order valence-electron chi connectivity index (χ4n) is 2.96. The molecule has 1 aromatic carbocycles. The van der Waals surface area contributed by atoms with Crippen molar-refractivity contribution < 1.29 is 4.42 Å². The minimum atomic E-state index is 0.530. The molecule has 1 heterocycles. The number of fused-ring (bicyclic) bond motifs is 2. The van der Waals surface area contributed by atoms with Gasteiger partial charge < -0.3 is 4.42 Å². The van der Waals surface area contributed by atoms with E-state index >= 15 is 0 Å². The highest BCUT2D eigenvalue weighted by atomic mass is 16.3. The molecule has 0 N–H and O–H groups in total. The zero-order chi connectivity index (χ0) is 11.3. The molecule has 0 saturated carbocycles. The number of hydrogen-bond donors (Lipinski definition) is 0. The lowest BCUT2D eigenvalue weighted by atomic mass is 9.84. The van der Waals surface area contributed by atoms with Crippen molar-refractivity contribution in [1.82, 2.24) is 0 Å². The van der Waals surface area contributed by atoms with E-state index in [9.17, 15) is 0 Å². The quantitative estimate of drug-likeness (QED) is 0.594. The third kappa shape index (κ3) is 1.18. The molecule has 0 saturated heterocycles. The zero-order valence-electron chi connectivity index (χ0n) is 10.0. The molecule has 1 aromatic heterocycles. The summed E-state index contributed by atoms with van der Waals surface area (Å²) in [6.45, 7) is 6.61. The predicted molar refractivity (Wildman–Crippen MR) is 66.9 cm³/mol. The summed E-state index contributed by atoms with van der Waals surface area (Å²) in [5, 5.41) is 1.31. The molecule has 1 unspecified atom stereocenters. The summed E-state index contributed by atoms with van der Waals surface area (Å²) < 4.78 is 5.61. The highest BCUT2D eigenvalue weighted by Gasteiger charge is 2.18. The van der Waals surface area contributed by atoms with Gasteiger partial charge in [0, 0.05) is 5.39 Å². The van der Waals surface area contributed by atoms with Gasteiger partial charge in [0.25, 0.3) is 0 Å². The van der Waals surface area contributed by atoms with Crippen LogP contribution in [0.15, 0.2) is 28.9 Å². The van der Waals surface area contributed by atoms with Gasteiger partial charge in [0.05, 0.1) is 6.26 Å². The fourth-order valence-corrected chi connectivity index (χ4v) is 2.96. The fraction of sp³-hybridized carbons (Fsp3) is 0.333. The monoisotopic (exact) mass is 212 g/mol. The third-order valence-corrected chi connectivity index (χ3v) is 3.65. The lowest BCUT2D eigenvalue weighted by Crippen LogP contribution is -2.04. The van der Waals surface area contributed by atoms with Gasteiger partial charge in [-0.1, -0.05) is 19.1 Å². The van der Waals surface area contributed by atoms with E-state index in [1.807, 2.05) is 6.26 Å². The van der Waals surface area contributed by atoms with Crippen LogP contribution in [0, 0.1) is 13.8 Å². The highest BCUT2D eigenvalue weighted by molar-refractivity contribution is 5.87. The van der Waals surface area contributed by atoms with Crippen molar-refractivity contribution in [2.24, 2.45) is 0 Å². The Morgan fingerprint density at radius 3 is 2.94 bits per heavy atom. The lowest BCUT2D eigenvalue weighted by Gasteiger charge is -2.20. The summed E-state index contributed by atoms with van der Waals surface area (Å²) in [5.41, 5.74) is 6.61. The van der Waals surface area contributed by atoms with Gasteiger partial charge >= 0.3 is 0 Å². The molecule has 16 heavy (non-hydrogen) atoms. The number of benzene rings is 1. The minimum absolute atomic E-state index is 0.530. The molecule has 1 heteroatoms. The van der Waals surface area contributed by atoms with E-state index in [1.54, 1.807) is 0 Å². The van der Waals surface area contributed by atoms with E-state index in [1.165, 1.54) is 27.6 Å². The average molecular weight is 212 g/mol. The van der Waals surface area contributed by atoms with Crippen molar-refractivity contribution in [3.8, 4) is 0 Å². The number of hydrogen-bond acceptors (Lipinski definition) is 1. The molecule has 0 spiro atoms. The van der Waals surface area contributed by atoms with Gasteiger partial charge in [-0.15, -0.1) is 0 Å². The summed E-state index contributed by atoms with van der Waals surface area (Å²) in [7, 11) is 0. The van der Waals surface area contributed by atoms with Crippen LogP contribution in [-0.4, -0.2) is 0 Å². The van der Waals surface area contributed by atoms with Crippen LogP contribution in [0.2, 0.25) is 0 Å². The van der Waals surface area contributed by atoms with Crippen LogP contribution in [0.4, 0.5) is 0 Å².